The van der Waals surface area contributed by atoms with Gasteiger partial charge in [-0.15, -0.1) is 11.6 Å². The van der Waals surface area contributed by atoms with E-state index in [1.54, 1.807) is 12.1 Å². The van der Waals surface area contributed by atoms with Crippen LogP contribution >= 0.6 is 11.6 Å². The smallest absolute Gasteiger partial charge is 0.308 e. The first-order valence-electron chi connectivity index (χ1n) is 3.97. The Morgan fingerprint density at radius 2 is 2.23 bits per heavy atom. The van der Waals surface area contributed by atoms with Gasteiger partial charge in [0.1, 0.15) is 5.75 Å². The second-order valence-corrected chi connectivity index (χ2v) is 3.08. The summed E-state index contributed by atoms with van der Waals surface area (Å²) in [5.41, 5.74) is 2.09. The SMILES string of the molecule is CC(=O)Oc1ccc(C)c(CCl)c1. The summed E-state index contributed by atoms with van der Waals surface area (Å²) >= 11 is 5.70. The van der Waals surface area contributed by atoms with Crippen molar-refractivity contribution in [2.24, 2.45) is 0 Å². The molecule has 0 fully saturated rings. The molecule has 0 aliphatic carbocycles. The van der Waals surface area contributed by atoms with Crippen molar-refractivity contribution in [3.05, 3.63) is 29.3 Å². The van der Waals surface area contributed by atoms with Crippen LogP contribution in [0, 0.1) is 6.92 Å². The molecule has 0 saturated heterocycles. The highest BCUT2D eigenvalue weighted by molar-refractivity contribution is 6.17. The number of ether oxygens (including phenoxy) is 1. The predicted octanol–water partition coefficient (Wildman–Crippen LogP) is 2.66. The highest BCUT2D eigenvalue weighted by Gasteiger charge is 2.01. The summed E-state index contributed by atoms with van der Waals surface area (Å²) in [6.07, 6.45) is 0. The second-order valence-electron chi connectivity index (χ2n) is 2.82. The molecular weight excluding hydrogens is 188 g/mol. The molecule has 1 rings (SSSR count). The van der Waals surface area contributed by atoms with Crippen LogP contribution in [0.5, 0.6) is 5.75 Å². The van der Waals surface area contributed by atoms with Crippen molar-refractivity contribution < 1.29 is 9.53 Å². The maximum Gasteiger partial charge on any atom is 0.308 e. The number of carbonyl (C=O) groups is 1. The Bertz CT molecular complexity index is 321. The van der Waals surface area contributed by atoms with Gasteiger partial charge in [0.15, 0.2) is 0 Å². The number of hydrogen-bond donors (Lipinski definition) is 0. The number of carbonyl (C=O) groups excluding carboxylic acids is 1. The summed E-state index contributed by atoms with van der Waals surface area (Å²) in [4.78, 5) is 10.6. The Balaban J connectivity index is 2.92. The topological polar surface area (TPSA) is 26.3 Å². The van der Waals surface area contributed by atoms with E-state index >= 15 is 0 Å². The summed E-state index contributed by atoms with van der Waals surface area (Å²) in [5.74, 6) is 0.666. The molecule has 1 aromatic rings. The summed E-state index contributed by atoms with van der Waals surface area (Å²) in [5, 5.41) is 0. The van der Waals surface area contributed by atoms with Crippen LogP contribution in [-0.4, -0.2) is 5.97 Å². The second kappa shape index (κ2) is 4.28. The predicted molar refractivity (Wildman–Crippen MR) is 52.0 cm³/mol. The zero-order valence-corrected chi connectivity index (χ0v) is 8.39. The van der Waals surface area contributed by atoms with Crippen molar-refractivity contribution in [1.82, 2.24) is 0 Å². The van der Waals surface area contributed by atoms with E-state index < -0.39 is 0 Å². The minimum absolute atomic E-state index is 0.315. The van der Waals surface area contributed by atoms with Crippen LogP contribution in [0.3, 0.4) is 0 Å². The van der Waals surface area contributed by atoms with Gasteiger partial charge in [-0.2, -0.15) is 0 Å². The monoisotopic (exact) mass is 198 g/mol. The summed E-state index contributed by atoms with van der Waals surface area (Å²) in [6.45, 7) is 3.34. The number of alkyl halides is 1. The van der Waals surface area contributed by atoms with Crippen molar-refractivity contribution in [3.63, 3.8) is 0 Å². The fraction of sp³-hybridized carbons (Fsp3) is 0.300. The van der Waals surface area contributed by atoms with E-state index in [4.69, 9.17) is 16.3 Å². The van der Waals surface area contributed by atoms with Crippen LogP contribution < -0.4 is 4.74 Å². The average Bonchev–Trinajstić information content (AvgIpc) is 2.07. The molecule has 0 heterocycles. The van der Waals surface area contributed by atoms with E-state index in [0.717, 1.165) is 11.1 Å². The Kier molecular flexibility index (Phi) is 3.32. The van der Waals surface area contributed by atoms with E-state index in [1.807, 2.05) is 13.0 Å². The molecule has 0 aromatic heterocycles. The Morgan fingerprint density at radius 3 is 2.77 bits per heavy atom. The summed E-state index contributed by atoms with van der Waals surface area (Å²) in [7, 11) is 0. The molecule has 0 saturated carbocycles. The van der Waals surface area contributed by atoms with Crippen molar-refractivity contribution in [3.8, 4) is 5.75 Å². The van der Waals surface area contributed by atoms with Gasteiger partial charge in [-0.3, -0.25) is 4.79 Å². The third-order valence-corrected chi connectivity index (χ3v) is 2.01. The third-order valence-electron chi connectivity index (χ3n) is 1.73. The fourth-order valence-electron chi connectivity index (χ4n) is 1.02. The van der Waals surface area contributed by atoms with Crippen LogP contribution in [-0.2, 0) is 10.7 Å². The third kappa shape index (κ3) is 2.74. The van der Waals surface area contributed by atoms with E-state index in [0.29, 0.717) is 11.6 Å². The number of rotatable bonds is 2. The quantitative estimate of drug-likeness (QED) is 0.415. The molecule has 2 nitrogen and oxygen atoms in total. The normalized spacial score (nSPS) is 9.77. The van der Waals surface area contributed by atoms with E-state index in [9.17, 15) is 4.79 Å². The van der Waals surface area contributed by atoms with Gasteiger partial charge in [-0.1, -0.05) is 6.07 Å². The molecule has 0 unspecified atom stereocenters. The Hall–Kier alpha value is -1.02. The number of benzene rings is 1. The van der Waals surface area contributed by atoms with Gasteiger partial charge in [-0.25, -0.2) is 0 Å². The molecule has 0 amide bonds. The van der Waals surface area contributed by atoms with Crippen LogP contribution in [0.25, 0.3) is 0 Å². The molecule has 0 aliphatic heterocycles. The van der Waals surface area contributed by atoms with Gasteiger partial charge in [0.25, 0.3) is 0 Å². The maximum atomic E-state index is 10.6. The van der Waals surface area contributed by atoms with Crippen molar-refractivity contribution in [1.29, 1.82) is 0 Å². The molecule has 3 heteroatoms. The lowest BCUT2D eigenvalue weighted by Gasteiger charge is -2.05. The highest BCUT2D eigenvalue weighted by atomic mass is 35.5. The molecular formula is C10H11ClO2. The Labute approximate surface area is 82.5 Å². The molecule has 0 bridgehead atoms. The first kappa shape index (κ1) is 10.1. The largest absolute Gasteiger partial charge is 0.427 e. The summed E-state index contributed by atoms with van der Waals surface area (Å²) < 4.78 is 4.91. The van der Waals surface area contributed by atoms with E-state index in [2.05, 4.69) is 0 Å². The number of halogens is 1. The maximum absolute atomic E-state index is 10.6. The molecule has 0 spiro atoms. The molecule has 13 heavy (non-hydrogen) atoms. The molecule has 1 aromatic carbocycles. The van der Waals surface area contributed by atoms with Crippen LogP contribution in [0.15, 0.2) is 18.2 Å². The van der Waals surface area contributed by atoms with Crippen LogP contribution in [0.2, 0.25) is 0 Å². The van der Waals surface area contributed by atoms with Crippen molar-refractivity contribution in [2.45, 2.75) is 19.7 Å². The van der Waals surface area contributed by atoms with Gasteiger partial charge in [0.05, 0.1) is 0 Å². The molecule has 0 atom stereocenters. The first-order valence-corrected chi connectivity index (χ1v) is 4.51. The lowest BCUT2D eigenvalue weighted by Crippen LogP contribution is -2.01. The minimum Gasteiger partial charge on any atom is -0.427 e. The van der Waals surface area contributed by atoms with Gasteiger partial charge in [0, 0.05) is 12.8 Å². The molecule has 0 N–H and O–H groups in total. The summed E-state index contributed by atoms with van der Waals surface area (Å²) in [6, 6.07) is 5.42. The first-order chi connectivity index (χ1) is 6.13. The number of hydrogen-bond acceptors (Lipinski definition) is 2. The molecule has 0 aliphatic rings. The van der Waals surface area contributed by atoms with Gasteiger partial charge >= 0.3 is 5.97 Å². The fourth-order valence-corrected chi connectivity index (χ4v) is 1.31. The van der Waals surface area contributed by atoms with Crippen molar-refractivity contribution in [2.75, 3.05) is 0 Å². The van der Waals surface area contributed by atoms with Gasteiger partial charge < -0.3 is 4.74 Å². The number of esters is 1. The van der Waals surface area contributed by atoms with Crippen LogP contribution in [0.1, 0.15) is 18.1 Å². The molecule has 70 valence electrons. The lowest BCUT2D eigenvalue weighted by atomic mass is 10.1. The van der Waals surface area contributed by atoms with Gasteiger partial charge in [0.2, 0.25) is 0 Å². The van der Waals surface area contributed by atoms with Crippen molar-refractivity contribution >= 4 is 17.6 Å². The standard InChI is InChI=1S/C10H11ClO2/c1-7-3-4-10(13-8(2)12)5-9(7)6-11/h3-5H,6H2,1-2H3. The lowest BCUT2D eigenvalue weighted by molar-refractivity contribution is -0.131. The molecule has 0 radical (unpaired) electrons. The number of aryl methyl sites for hydroxylation is 1. The zero-order chi connectivity index (χ0) is 9.84. The van der Waals surface area contributed by atoms with Crippen LogP contribution in [0.4, 0.5) is 0 Å². The van der Waals surface area contributed by atoms with E-state index in [1.165, 1.54) is 6.92 Å². The van der Waals surface area contributed by atoms with Gasteiger partial charge in [-0.05, 0) is 30.2 Å². The Morgan fingerprint density at radius 1 is 1.54 bits per heavy atom. The zero-order valence-electron chi connectivity index (χ0n) is 7.63. The minimum atomic E-state index is -0.315. The highest BCUT2D eigenvalue weighted by Crippen LogP contribution is 2.18. The average molecular weight is 199 g/mol. The van der Waals surface area contributed by atoms with E-state index in [-0.39, 0.29) is 5.97 Å².